The summed E-state index contributed by atoms with van der Waals surface area (Å²) in [6.45, 7) is 6.28. The van der Waals surface area contributed by atoms with Crippen LogP contribution in [-0.4, -0.2) is 30.9 Å². The van der Waals surface area contributed by atoms with Gasteiger partial charge in [-0.05, 0) is 37.0 Å². The second-order valence-electron chi connectivity index (χ2n) is 5.53. The van der Waals surface area contributed by atoms with Gasteiger partial charge in [0.1, 0.15) is 5.75 Å². The van der Waals surface area contributed by atoms with E-state index < -0.39 is 6.10 Å². The Labute approximate surface area is 126 Å². The number of hydrogen-bond acceptors (Lipinski definition) is 3. The normalized spacial score (nSPS) is 13.6. The minimum Gasteiger partial charge on any atom is -0.497 e. The largest absolute Gasteiger partial charge is 0.497 e. The lowest BCUT2D eigenvalue weighted by atomic mass is 9.96. The van der Waals surface area contributed by atoms with Crippen LogP contribution in [0.1, 0.15) is 38.8 Å². The third kappa shape index (κ3) is 6.04. The van der Waals surface area contributed by atoms with Gasteiger partial charge in [-0.15, -0.1) is 0 Å². The monoisotopic (exact) mass is 294 g/mol. The molecule has 1 aromatic carbocycles. The minimum absolute atomic E-state index is 0.0672. The molecule has 0 aliphatic carbocycles. The van der Waals surface area contributed by atoms with E-state index >= 15 is 0 Å². The highest BCUT2D eigenvalue weighted by atomic mass is 16.5. The van der Waals surface area contributed by atoms with E-state index in [1.807, 2.05) is 24.3 Å². The molecule has 5 nitrogen and oxygen atoms in total. The lowest BCUT2D eigenvalue weighted by Gasteiger charge is -2.23. The zero-order valence-corrected chi connectivity index (χ0v) is 13.2. The van der Waals surface area contributed by atoms with Gasteiger partial charge in [0.05, 0.1) is 19.3 Å². The molecular formula is C16H26N2O3. The number of amides is 2. The molecule has 0 radical (unpaired) electrons. The smallest absolute Gasteiger partial charge is 0.315 e. The van der Waals surface area contributed by atoms with Crippen LogP contribution >= 0.6 is 0 Å². The molecule has 2 amide bonds. The zero-order chi connectivity index (χ0) is 15.8. The van der Waals surface area contributed by atoms with E-state index in [1.54, 1.807) is 14.0 Å². The molecule has 118 valence electrons. The summed E-state index contributed by atoms with van der Waals surface area (Å²) in [4.78, 5) is 11.9. The van der Waals surface area contributed by atoms with Gasteiger partial charge in [0.25, 0.3) is 0 Å². The molecule has 21 heavy (non-hydrogen) atoms. The van der Waals surface area contributed by atoms with Crippen LogP contribution in [0.5, 0.6) is 5.75 Å². The molecule has 0 heterocycles. The molecule has 0 aliphatic rings. The van der Waals surface area contributed by atoms with E-state index in [-0.39, 0.29) is 18.0 Å². The van der Waals surface area contributed by atoms with Crippen molar-refractivity contribution in [2.75, 3.05) is 13.7 Å². The van der Waals surface area contributed by atoms with Crippen molar-refractivity contribution in [3.63, 3.8) is 0 Å². The molecule has 0 saturated carbocycles. The molecular weight excluding hydrogens is 268 g/mol. The van der Waals surface area contributed by atoms with E-state index in [9.17, 15) is 9.90 Å². The molecule has 0 spiro atoms. The van der Waals surface area contributed by atoms with Crippen molar-refractivity contribution < 1.29 is 14.6 Å². The molecule has 3 N–H and O–H groups in total. The highest BCUT2D eigenvalue weighted by Gasteiger charge is 2.18. The molecule has 1 rings (SSSR count). The molecule has 5 heteroatoms. The van der Waals surface area contributed by atoms with Crippen LogP contribution in [0.4, 0.5) is 4.79 Å². The third-order valence-electron chi connectivity index (χ3n) is 3.28. The molecule has 0 aromatic heterocycles. The summed E-state index contributed by atoms with van der Waals surface area (Å²) in [7, 11) is 1.63. The van der Waals surface area contributed by atoms with E-state index in [1.165, 1.54) is 0 Å². The number of benzene rings is 1. The fourth-order valence-electron chi connectivity index (χ4n) is 2.03. The van der Waals surface area contributed by atoms with E-state index in [4.69, 9.17) is 4.74 Å². The minimum atomic E-state index is -0.409. The fourth-order valence-corrected chi connectivity index (χ4v) is 2.03. The summed E-state index contributed by atoms with van der Waals surface area (Å²) >= 11 is 0. The highest BCUT2D eigenvalue weighted by molar-refractivity contribution is 5.74. The van der Waals surface area contributed by atoms with Crippen molar-refractivity contribution in [3.8, 4) is 5.75 Å². The zero-order valence-electron chi connectivity index (χ0n) is 13.2. The van der Waals surface area contributed by atoms with Gasteiger partial charge in [0.15, 0.2) is 0 Å². The van der Waals surface area contributed by atoms with Crippen LogP contribution < -0.4 is 15.4 Å². The van der Waals surface area contributed by atoms with Crippen molar-refractivity contribution in [2.24, 2.45) is 5.92 Å². The summed E-state index contributed by atoms with van der Waals surface area (Å²) in [5.41, 5.74) is 1.04. The summed E-state index contributed by atoms with van der Waals surface area (Å²) in [6.07, 6.45) is 0.134. The SMILES string of the molecule is COc1ccc(C(NC(=O)NCCC(C)O)C(C)C)cc1. The lowest BCUT2D eigenvalue weighted by molar-refractivity contribution is 0.183. The first-order valence-corrected chi connectivity index (χ1v) is 7.30. The topological polar surface area (TPSA) is 70.6 Å². The fraction of sp³-hybridized carbons (Fsp3) is 0.562. The second-order valence-corrected chi connectivity index (χ2v) is 5.53. The van der Waals surface area contributed by atoms with Crippen molar-refractivity contribution in [3.05, 3.63) is 29.8 Å². The number of urea groups is 1. The average Bonchev–Trinajstić information content (AvgIpc) is 2.44. The van der Waals surface area contributed by atoms with Crippen LogP contribution in [0, 0.1) is 5.92 Å². The number of aliphatic hydroxyl groups excluding tert-OH is 1. The summed E-state index contributed by atoms with van der Waals surface area (Å²) in [6, 6.07) is 7.40. The van der Waals surface area contributed by atoms with Gasteiger partial charge in [-0.2, -0.15) is 0 Å². The van der Waals surface area contributed by atoms with Gasteiger partial charge in [-0.25, -0.2) is 4.79 Å². The van der Waals surface area contributed by atoms with Gasteiger partial charge in [-0.3, -0.25) is 0 Å². The summed E-state index contributed by atoms with van der Waals surface area (Å²) in [5.74, 6) is 1.06. The third-order valence-corrected chi connectivity index (χ3v) is 3.28. The van der Waals surface area contributed by atoms with Crippen molar-refractivity contribution >= 4 is 6.03 Å². The molecule has 0 aliphatic heterocycles. The quantitative estimate of drug-likeness (QED) is 0.723. The summed E-state index contributed by atoms with van der Waals surface area (Å²) < 4.78 is 5.14. The number of aliphatic hydroxyl groups is 1. The Morgan fingerprint density at radius 2 is 1.86 bits per heavy atom. The molecule has 0 saturated heterocycles. The van der Waals surface area contributed by atoms with Crippen molar-refractivity contribution in [1.82, 2.24) is 10.6 Å². The Bertz CT molecular complexity index is 430. The van der Waals surface area contributed by atoms with Gasteiger partial charge >= 0.3 is 6.03 Å². The van der Waals surface area contributed by atoms with Crippen molar-refractivity contribution in [1.29, 1.82) is 0 Å². The number of carbonyl (C=O) groups excluding carboxylic acids is 1. The van der Waals surface area contributed by atoms with E-state index in [0.29, 0.717) is 13.0 Å². The Morgan fingerprint density at radius 3 is 2.33 bits per heavy atom. The Kier molecular flexibility index (Phi) is 7.02. The predicted molar refractivity (Wildman–Crippen MR) is 83.4 cm³/mol. The summed E-state index contributed by atoms with van der Waals surface area (Å²) in [5, 5.41) is 14.9. The molecule has 0 bridgehead atoms. The van der Waals surface area contributed by atoms with Gasteiger partial charge < -0.3 is 20.5 Å². The first-order valence-electron chi connectivity index (χ1n) is 7.30. The first kappa shape index (κ1) is 17.3. The Balaban J connectivity index is 2.62. The van der Waals surface area contributed by atoms with Gasteiger partial charge in [-0.1, -0.05) is 26.0 Å². The second kappa shape index (κ2) is 8.52. The standard InChI is InChI=1S/C16H26N2O3/c1-11(2)15(13-5-7-14(21-4)8-6-13)18-16(20)17-10-9-12(3)19/h5-8,11-12,15,19H,9-10H2,1-4H3,(H2,17,18,20). The van der Waals surface area contributed by atoms with E-state index in [0.717, 1.165) is 11.3 Å². The van der Waals surface area contributed by atoms with Crippen LogP contribution in [-0.2, 0) is 0 Å². The number of ether oxygens (including phenoxy) is 1. The maximum atomic E-state index is 11.9. The predicted octanol–water partition coefficient (Wildman–Crippen LogP) is 2.46. The van der Waals surface area contributed by atoms with Crippen LogP contribution in [0.15, 0.2) is 24.3 Å². The molecule has 0 fully saturated rings. The molecule has 2 unspecified atom stereocenters. The van der Waals surface area contributed by atoms with Crippen LogP contribution in [0.3, 0.4) is 0 Å². The highest BCUT2D eigenvalue weighted by Crippen LogP contribution is 2.23. The van der Waals surface area contributed by atoms with Crippen LogP contribution in [0.2, 0.25) is 0 Å². The van der Waals surface area contributed by atoms with Crippen molar-refractivity contribution in [2.45, 2.75) is 39.3 Å². The maximum Gasteiger partial charge on any atom is 0.315 e. The molecule has 2 atom stereocenters. The Morgan fingerprint density at radius 1 is 1.24 bits per heavy atom. The lowest BCUT2D eigenvalue weighted by Crippen LogP contribution is -2.40. The number of carbonyl (C=O) groups is 1. The number of methoxy groups -OCH3 is 1. The van der Waals surface area contributed by atoms with Gasteiger partial charge in [0.2, 0.25) is 0 Å². The first-order chi connectivity index (χ1) is 9.93. The average molecular weight is 294 g/mol. The van der Waals surface area contributed by atoms with Gasteiger partial charge in [0, 0.05) is 6.54 Å². The Hall–Kier alpha value is -1.75. The van der Waals surface area contributed by atoms with Crippen LogP contribution in [0.25, 0.3) is 0 Å². The molecule has 1 aromatic rings. The van der Waals surface area contributed by atoms with E-state index in [2.05, 4.69) is 24.5 Å². The maximum absolute atomic E-state index is 11.9. The number of hydrogen-bond donors (Lipinski definition) is 3. The number of nitrogens with one attached hydrogen (secondary N) is 2. The number of rotatable bonds is 7.